The zero-order valence-electron chi connectivity index (χ0n) is 28.6. The van der Waals surface area contributed by atoms with Gasteiger partial charge in [0.1, 0.15) is 28.9 Å². The molecule has 3 heterocycles. The third kappa shape index (κ3) is 7.38. The number of rotatable bonds is 11. The summed E-state index contributed by atoms with van der Waals surface area (Å²) in [7, 11) is 3.85. The van der Waals surface area contributed by atoms with E-state index < -0.39 is 23.1 Å². The first-order valence-corrected chi connectivity index (χ1v) is 16.1. The Morgan fingerprint density at radius 3 is 2.60 bits per heavy atom. The van der Waals surface area contributed by atoms with E-state index in [9.17, 15) is 14.4 Å². The second kappa shape index (κ2) is 13.9. The molecule has 252 valence electrons. The van der Waals surface area contributed by atoms with Crippen LogP contribution in [-0.4, -0.2) is 69.9 Å². The highest BCUT2D eigenvalue weighted by Gasteiger charge is 2.38. The van der Waals surface area contributed by atoms with Gasteiger partial charge in [-0.1, -0.05) is 58.9 Å². The lowest BCUT2D eigenvalue weighted by atomic mass is 9.81. The van der Waals surface area contributed by atoms with Gasteiger partial charge in [0.2, 0.25) is 0 Å². The molecule has 3 N–H and O–H groups in total. The van der Waals surface area contributed by atoms with E-state index in [1.54, 1.807) is 24.3 Å². The van der Waals surface area contributed by atoms with Crippen LogP contribution in [0.3, 0.4) is 0 Å². The van der Waals surface area contributed by atoms with Crippen LogP contribution in [0.5, 0.6) is 5.75 Å². The Hall–Kier alpha value is -5.10. The number of fused-ring (bicyclic) bond motifs is 2. The molecule has 12 heteroatoms. The number of urea groups is 1. The number of anilines is 1. The molecule has 5 rings (SSSR count). The standard InChI is InChI=1S/C36H44N8O4/c1-8-23(2)32-42-41-31-14-13-25(21-44(31)32)48-29-15-16-36(22-45,27-12-10-9-11-26(27)29)40-34(47)38-24-19-28(33(46)37-17-18-43(6)7)39-30(20-24)35(3,4)5/h9-16,19-23,29H,8,17-18H2,1-7H3,(H,37,46)(H2,38,39,40,47)/t23-,29+,36+/m0/s1. The van der Waals surface area contributed by atoms with E-state index in [2.05, 4.69) is 45.0 Å². The summed E-state index contributed by atoms with van der Waals surface area (Å²) in [5.41, 5.74) is 1.38. The Morgan fingerprint density at radius 2 is 1.90 bits per heavy atom. The maximum atomic E-state index is 13.5. The molecule has 0 saturated heterocycles. The van der Waals surface area contributed by atoms with Gasteiger partial charge in [0.05, 0.1) is 6.20 Å². The van der Waals surface area contributed by atoms with Gasteiger partial charge in [0.15, 0.2) is 11.9 Å². The van der Waals surface area contributed by atoms with Crippen LogP contribution < -0.4 is 20.7 Å². The van der Waals surface area contributed by atoms with Crippen molar-refractivity contribution < 1.29 is 19.1 Å². The summed E-state index contributed by atoms with van der Waals surface area (Å²) in [5, 5.41) is 17.2. The van der Waals surface area contributed by atoms with Crippen molar-refractivity contribution in [1.29, 1.82) is 0 Å². The number of likely N-dealkylation sites (N-methyl/N-ethyl adjacent to an activating group) is 1. The van der Waals surface area contributed by atoms with Crippen LogP contribution in [0.25, 0.3) is 5.65 Å². The quantitative estimate of drug-likeness (QED) is 0.150. The Balaban J connectivity index is 1.38. The molecule has 0 fully saturated rings. The first-order valence-electron chi connectivity index (χ1n) is 16.1. The van der Waals surface area contributed by atoms with Crippen molar-refractivity contribution in [2.24, 2.45) is 0 Å². The van der Waals surface area contributed by atoms with Crippen molar-refractivity contribution in [2.75, 3.05) is 32.5 Å². The molecule has 1 aliphatic carbocycles. The molecule has 0 spiro atoms. The fraction of sp³-hybridized carbons (Fsp3) is 0.389. The van der Waals surface area contributed by atoms with E-state index in [1.165, 1.54) is 6.07 Å². The van der Waals surface area contributed by atoms with Crippen molar-refractivity contribution in [2.45, 2.75) is 64.0 Å². The van der Waals surface area contributed by atoms with E-state index >= 15 is 0 Å². The molecule has 0 saturated carbocycles. The summed E-state index contributed by atoms with van der Waals surface area (Å²) >= 11 is 0. The fourth-order valence-electron chi connectivity index (χ4n) is 5.46. The molecule has 0 radical (unpaired) electrons. The number of carbonyl (C=O) groups is 3. The Kier molecular flexibility index (Phi) is 9.95. The number of pyridine rings is 2. The van der Waals surface area contributed by atoms with Gasteiger partial charge in [0.25, 0.3) is 5.91 Å². The zero-order chi connectivity index (χ0) is 34.6. The van der Waals surface area contributed by atoms with Crippen LogP contribution in [0, 0.1) is 0 Å². The highest BCUT2D eigenvalue weighted by Crippen LogP contribution is 2.37. The lowest BCUT2D eigenvalue weighted by Gasteiger charge is -2.34. The highest BCUT2D eigenvalue weighted by atomic mass is 16.5. The lowest BCUT2D eigenvalue weighted by molar-refractivity contribution is -0.111. The SMILES string of the molecule is CC[C@H](C)c1nnc2ccc(O[C@@H]3C=C[C@](C=O)(NC(=O)Nc4cc(C(=O)NCCN(C)C)nc(C(C)(C)C)c4)c4ccccc43)cn12. The summed E-state index contributed by atoms with van der Waals surface area (Å²) in [6, 6.07) is 13.7. The molecular formula is C36H44N8O4. The van der Waals surface area contributed by atoms with Gasteiger partial charge in [-0.2, -0.15) is 0 Å². The molecular weight excluding hydrogens is 608 g/mol. The maximum absolute atomic E-state index is 13.5. The van der Waals surface area contributed by atoms with Crippen molar-refractivity contribution in [3.05, 3.63) is 95.2 Å². The van der Waals surface area contributed by atoms with Gasteiger partial charge in [-0.15, -0.1) is 10.2 Å². The number of nitrogens with one attached hydrogen (secondary N) is 3. The normalized spacial score (nSPS) is 17.9. The Labute approximate surface area is 281 Å². The molecule has 0 aliphatic heterocycles. The van der Waals surface area contributed by atoms with Gasteiger partial charge < -0.3 is 25.6 Å². The van der Waals surface area contributed by atoms with E-state index in [4.69, 9.17) is 4.74 Å². The number of aldehydes is 1. The number of amides is 3. The minimum atomic E-state index is -1.46. The molecule has 1 aliphatic rings. The molecule has 4 aromatic rings. The number of hydrogen-bond donors (Lipinski definition) is 3. The smallest absolute Gasteiger partial charge is 0.320 e. The Bertz CT molecular complexity index is 1840. The monoisotopic (exact) mass is 652 g/mol. The predicted molar refractivity (Wildman–Crippen MR) is 184 cm³/mol. The largest absolute Gasteiger partial charge is 0.480 e. The number of carbonyl (C=O) groups excluding carboxylic acids is 3. The van der Waals surface area contributed by atoms with Crippen LogP contribution in [0.1, 0.15) is 86.2 Å². The lowest BCUT2D eigenvalue weighted by Crippen LogP contribution is -2.49. The first-order chi connectivity index (χ1) is 22.8. The highest BCUT2D eigenvalue weighted by molar-refractivity contribution is 5.96. The molecule has 0 bridgehead atoms. The van der Waals surface area contributed by atoms with E-state index in [0.717, 1.165) is 23.5 Å². The maximum Gasteiger partial charge on any atom is 0.320 e. The second-order valence-corrected chi connectivity index (χ2v) is 13.4. The Morgan fingerprint density at radius 1 is 1.12 bits per heavy atom. The molecule has 12 nitrogen and oxygen atoms in total. The minimum Gasteiger partial charge on any atom is -0.480 e. The van der Waals surface area contributed by atoms with E-state index in [0.29, 0.717) is 42.1 Å². The third-order valence-electron chi connectivity index (χ3n) is 8.40. The summed E-state index contributed by atoms with van der Waals surface area (Å²) in [4.78, 5) is 45.9. The summed E-state index contributed by atoms with van der Waals surface area (Å²) < 4.78 is 8.37. The molecule has 3 aromatic heterocycles. The van der Waals surface area contributed by atoms with E-state index in [-0.39, 0.29) is 17.5 Å². The van der Waals surface area contributed by atoms with Gasteiger partial charge >= 0.3 is 6.03 Å². The van der Waals surface area contributed by atoms with Gasteiger partial charge in [-0.05, 0) is 62.5 Å². The fourth-order valence-corrected chi connectivity index (χ4v) is 5.46. The molecule has 3 amide bonds. The molecule has 1 aromatic carbocycles. The van der Waals surface area contributed by atoms with Crippen LogP contribution in [-0.2, 0) is 15.7 Å². The van der Waals surface area contributed by atoms with Gasteiger partial charge in [-0.25, -0.2) is 9.78 Å². The van der Waals surface area contributed by atoms with Crippen LogP contribution in [0.4, 0.5) is 10.5 Å². The van der Waals surface area contributed by atoms with Gasteiger partial charge in [-0.3, -0.25) is 14.0 Å². The van der Waals surface area contributed by atoms with Crippen molar-refractivity contribution in [3.8, 4) is 5.75 Å². The summed E-state index contributed by atoms with van der Waals surface area (Å²) in [6.07, 6.45) is 6.39. The van der Waals surface area contributed by atoms with Crippen molar-refractivity contribution in [3.63, 3.8) is 0 Å². The first kappa shape index (κ1) is 34.2. The molecule has 48 heavy (non-hydrogen) atoms. The van der Waals surface area contributed by atoms with Crippen molar-refractivity contribution >= 4 is 29.6 Å². The average molecular weight is 653 g/mol. The van der Waals surface area contributed by atoms with Gasteiger partial charge in [0, 0.05) is 41.4 Å². The average Bonchev–Trinajstić information content (AvgIpc) is 3.48. The van der Waals surface area contributed by atoms with Crippen molar-refractivity contribution in [1.82, 2.24) is 35.1 Å². The topological polar surface area (TPSA) is 143 Å². The number of aromatic nitrogens is 4. The number of hydrogen-bond acceptors (Lipinski definition) is 8. The molecule has 3 atom stereocenters. The van der Waals surface area contributed by atoms with Crippen LogP contribution in [0.15, 0.2) is 66.9 Å². The number of nitrogens with zero attached hydrogens (tertiary/aromatic N) is 5. The number of ether oxygens (including phenoxy) is 1. The summed E-state index contributed by atoms with van der Waals surface area (Å²) in [5.74, 6) is 1.34. The van der Waals surface area contributed by atoms with Crippen LogP contribution >= 0.6 is 0 Å². The minimum absolute atomic E-state index is 0.186. The molecule has 0 unspecified atom stereocenters. The second-order valence-electron chi connectivity index (χ2n) is 13.4. The van der Waals surface area contributed by atoms with E-state index in [1.807, 2.05) is 80.7 Å². The third-order valence-corrected chi connectivity index (χ3v) is 8.40. The van der Waals surface area contributed by atoms with Crippen LogP contribution in [0.2, 0.25) is 0 Å². The number of benzene rings is 1. The predicted octanol–water partition coefficient (Wildman–Crippen LogP) is 5.13. The summed E-state index contributed by atoms with van der Waals surface area (Å²) in [6.45, 7) is 11.3. The zero-order valence-corrected chi connectivity index (χ0v) is 28.6.